The third-order valence-electron chi connectivity index (χ3n) is 4.23. The fraction of sp³-hybridized carbons (Fsp3) is 0.412. The second-order valence-electron chi connectivity index (χ2n) is 6.08. The van der Waals surface area contributed by atoms with E-state index >= 15 is 0 Å². The molecule has 1 saturated carbocycles. The van der Waals surface area contributed by atoms with Crippen LogP contribution in [0.1, 0.15) is 37.1 Å². The number of anilines is 1. The first kappa shape index (κ1) is 19.3. The van der Waals surface area contributed by atoms with Gasteiger partial charge in [-0.25, -0.2) is 4.98 Å². The van der Waals surface area contributed by atoms with Crippen LogP contribution >= 0.6 is 12.4 Å². The number of halogens is 4. The summed E-state index contributed by atoms with van der Waals surface area (Å²) in [4.78, 5) is 19.3. The first-order chi connectivity index (χ1) is 11.3. The van der Waals surface area contributed by atoms with E-state index in [2.05, 4.69) is 15.3 Å². The summed E-state index contributed by atoms with van der Waals surface area (Å²) in [5.41, 5.74) is -0.408. The van der Waals surface area contributed by atoms with Gasteiger partial charge in [-0.3, -0.25) is 4.79 Å². The van der Waals surface area contributed by atoms with Gasteiger partial charge in [-0.05, 0) is 37.5 Å². The second-order valence-corrected chi connectivity index (χ2v) is 6.08. The van der Waals surface area contributed by atoms with E-state index in [1.54, 1.807) is 6.92 Å². The molecule has 2 N–H and O–H groups in total. The zero-order valence-corrected chi connectivity index (χ0v) is 14.4. The van der Waals surface area contributed by atoms with Crippen molar-refractivity contribution in [2.75, 3.05) is 5.32 Å². The van der Waals surface area contributed by atoms with Gasteiger partial charge >= 0.3 is 6.18 Å². The minimum Gasteiger partial charge on any atom is -0.367 e. The van der Waals surface area contributed by atoms with E-state index in [-0.39, 0.29) is 29.6 Å². The SMILES string of the molecule is Cc1nc(NC2CCCC2)c(-c2ccc(C(F)(F)F)cc2)c(=O)[nH]1.Cl. The molecule has 4 nitrogen and oxygen atoms in total. The van der Waals surface area contributed by atoms with Crippen LogP contribution in [0.15, 0.2) is 29.1 Å². The number of H-pyrrole nitrogens is 1. The number of benzene rings is 1. The highest BCUT2D eigenvalue weighted by Gasteiger charge is 2.30. The number of alkyl halides is 3. The molecule has 0 unspecified atom stereocenters. The summed E-state index contributed by atoms with van der Waals surface area (Å²) >= 11 is 0. The van der Waals surface area contributed by atoms with E-state index in [1.807, 2.05) is 0 Å². The topological polar surface area (TPSA) is 57.8 Å². The van der Waals surface area contributed by atoms with Crippen LogP contribution in [-0.4, -0.2) is 16.0 Å². The zero-order chi connectivity index (χ0) is 17.3. The van der Waals surface area contributed by atoms with Gasteiger partial charge in [0.2, 0.25) is 0 Å². The standard InChI is InChI=1S/C17H18F3N3O.ClH/c1-10-21-15(23-13-4-2-3-5-13)14(16(24)22-10)11-6-8-12(9-7-11)17(18,19)20;/h6-9,13H,2-5H2,1H3,(H2,21,22,23,24);1H. The van der Waals surface area contributed by atoms with Gasteiger partial charge < -0.3 is 10.3 Å². The van der Waals surface area contributed by atoms with Crippen LogP contribution < -0.4 is 10.9 Å². The highest BCUT2D eigenvalue weighted by atomic mass is 35.5. The summed E-state index contributed by atoms with van der Waals surface area (Å²) < 4.78 is 38.1. The molecule has 0 amide bonds. The lowest BCUT2D eigenvalue weighted by atomic mass is 10.0. The van der Waals surface area contributed by atoms with E-state index in [0.717, 1.165) is 37.8 Å². The van der Waals surface area contributed by atoms with Crippen LogP contribution in [0.25, 0.3) is 11.1 Å². The first-order valence-corrected chi connectivity index (χ1v) is 7.89. The Morgan fingerprint density at radius 3 is 2.32 bits per heavy atom. The van der Waals surface area contributed by atoms with Crippen molar-refractivity contribution in [2.45, 2.75) is 44.8 Å². The number of nitrogens with zero attached hydrogens (tertiary/aromatic N) is 1. The maximum atomic E-state index is 12.7. The Hall–Kier alpha value is -2.02. The zero-order valence-electron chi connectivity index (χ0n) is 13.6. The molecule has 0 aliphatic heterocycles. The van der Waals surface area contributed by atoms with Crippen molar-refractivity contribution >= 4 is 18.2 Å². The molecule has 1 fully saturated rings. The molecular weight excluding hydrogens is 355 g/mol. The fourth-order valence-electron chi connectivity index (χ4n) is 3.05. The van der Waals surface area contributed by atoms with Crippen LogP contribution in [0.2, 0.25) is 0 Å². The average Bonchev–Trinajstić information content (AvgIpc) is 2.99. The van der Waals surface area contributed by atoms with Crippen molar-refractivity contribution in [2.24, 2.45) is 0 Å². The van der Waals surface area contributed by atoms with Gasteiger partial charge in [-0.2, -0.15) is 13.2 Å². The van der Waals surface area contributed by atoms with E-state index in [1.165, 1.54) is 12.1 Å². The van der Waals surface area contributed by atoms with Gasteiger partial charge in [-0.15, -0.1) is 12.4 Å². The molecule has 0 radical (unpaired) electrons. The number of nitrogens with one attached hydrogen (secondary N) is 2. The lowest BCUT2D eigenvalue weighted by molar-refractivity contribution is -0.137. The van der Waals surface area contributed by atoms with Gasteiger partial charge in [0.1, 0.15) is 11.6 Å². The van der Waals surface area contributed by atoms with Gasteiger partial charge in [-0.1, -0.05) is 25.0 Å². The van der Waals surface area contributed by atoms with Crippen molar-refractivity contribution < 1.29 is 13.2 Å². The predicted molar refractivity (Wildman–Crippen MR) is 93.2 cm³/mol. The van der Waals surface area contributed by atoms with Crippen molar-refractivity contribution in [3.63, 3.8) is 0 Å². The Balaban J connectivity index is 0.00000225. The first-order valence-electron chi connectivity index (χ1n) is 7.89. The Morgan fingerprint density at radius 2 is 1.76 bits per heavy atom. The monoisotopic (exact) mass is 373 g/mol. The molecule has 136 valence electrons. The molecule has 1 aromatic carbocycles. The summed E-state index contributed by atoms with van der Waals surface area (Å²) in [5, 5.41) is 3.28. The molecule has 0 spiro atoms. The molecule has 1 aromatic heterocycles. The van der Waals surface area contributed by atoms with E-state index in [0.29, 0.717) is 17.2 Å². The summed E-state index contributed by atoms with van der Waals surface area (Å²) in [6.45, 7) is 1.68. The Labute approximate surface area is 149 Å². The van der Waals surface area contributed by atoms with Gasteiger partial charge in [0.15, 0.2) is 0 Å². The molecule has 0 atom stereocenters. The van der Waals surface area contributed by atoms with Gasteiger partial charge in [0.25, 0.3) is 5.56 Å². The molecule has 1 aliphatic rings. The highest BCUT2D eigenvalue weighted by molar-refractivity contribution is 5.85. The number of hydrogen-bond acceptors (Lipinski definition) is 3. The normalized spacial score (nSPS) is 15.0. The summed E-state index contributed by atoms with van der Waals surface area (Å²) in [6, 6.07) is 4.82. The van der Waals surface area contributed by atoms with E-state index < -0.39 is 11.7 Å². The molecule has 1 heterocycles. The molecule has 3 rings (SSSR count). The Bertz CT molecular complexity index is 781. The van der Waals surface area contributed by atoms with Crippen LogP contribution in [0, 0.1) is 6.92 Å². The fourth-order valence-corrected chi connectivity index (χ4v) is 3.05. The minimum atomic E-state index is -4.40. The van der Waals surface area contributed by atoms with Crippen LogP contribution in [0.5, 0.6) is 0 Å². The number of aryl methyl sites for hydroxylation is 1. The van der Waals surface area contributed by atoms with E-state index in [9.17, 15) is 18.0 Å². The summed E-state index contributed by atoms with van der Waals surface area (Å²) in [6.07, 6.45) is -0.160. The van der Waals surface area contributed by atoms with E-state index in [4.69, 9.17) is 0 Å². The Kier molecular flexibility index (Phi) is 5.77. The highest BCUT2D eigenvalue weighted by Crippen LogP contribution is 2.32. The predicted octanol–water partition coefficient (Wildman–Crippen LogP) is 4.54. The smallest absolute Gasteiger partial charge is 0.367 e. The van der Waals surface area contributed by atoms with Crippen LogP contribution in [0.4, 0.5) is 19.0 Å². The number of hydrogen-bond donors (Lipinski definition) is 2. The van der Waals surface area contributed by atoms with Crippen molar-refractivity contribution in [3.8, 4) is 11.1 Å². The third-order valence-corrected chi connectivity index (χ3v) is 4.23. The average molecular weight is 374 g/mol. The molecule has 0 saturated heterocycles. The minimum absolute atomic E-state index is 0. The number of rotatable bonds is 3. The van der Waals surface area contributed by atoms with Crippen molar-refractivity contribution in [1.29, 1.82) is 0 Å². The largest absolute Gasteiger partial charge is 0.416 e. The number of aromatic nitrogens is 2. The van der Waals surface area contributed by atoms with Crippen molar-refractivity contribution in [1.82, 2.24) is 9.97 Å². The lowest BCUT2D eigenvalue weighted by Crippen LogP contribution is -2.21. The lowest BCUT2D eigenvalue weighted by Gasteiger charge is -2.16. The molecule has 25 heavy (non-hydrogen) atoms. The third kappa shape index (κ3) is 4.34. The van der Waals surface area contributed by atoms with Gasteiger partial charge in [0.05, 0.1) is 11.1 Å². The van der Waals surface area contributed by atoms with Crippen LogP contribution in [-0.2, 0) is 6.18 Å². The summed E-state index contributed by atoms with van der Waals surface area (Å²) in [5.74, 6) is 0.902. The molecule has 0 bridgehead atoms. The maximum absolute atomic E-state index is 12.7. The Morgan fingerprint density at radius 1 is 1.16 bits per heavy atom. The maximum Gasteiger partial charge on any atom is 0.416 e. The van der Waals surface area contributed by atoms with Crippen molar-refractivity contribution in [3.05, 3.63) is 46.0 Å². The molecule has 1 aliphatic carbocycles. The molecular formula is C17H19ClF3N3O. The quantitative estimate of drug-likeness (QED) is 0.830. The summed E-state index contributed by atoms with van der Waals surface area (Å²) in [7, 11) is 0. The molecule has 8 heteroatoms. The van der Waals surface area contributed by atoms with Crippen LogP contribution in [0.3, 0.4) is 0 Å². The van der Waals surface area contributed by atoms with Gasteiger partial charge in [0, 0.05) is 6.04 Å². The number of aromatic amines is 1. The molecule has 2 aromatic rings. The second kappa shape index (κ2) is 7.47.